The lowest BCUT2D eigenvalue weighted by Gasteiger charge is -2.23. The Morgan fingerprint density at radius 1 is 1.36 bits per heavy atom. The summed E-state index contributed by atoms with van der Waals surface area (Å²) in [6, 6.07) is 3.43. The minimum atomic E-state index is -0.495. The van der Waals surface area contributed by atoms with E-state index >= 15 is 0 Å². The first-order chi connectivity index (χ1) is 15.9. The van der Waals surface area contributed by atoms with Gasteiger partial charge in [0, 0.05) is 12.7 Å². The van der Waals surface area contributed by atoms with Crippen molar-refractivity contribution in [2.75, 3.05) is 0 Å². The second-order valence-electron chi connectivity index (χ2n) is 7.72. The fraction of sp³-hybridized carbons (Fsp3) is 0.300. The van der Waals surface area contributed by atoms with Gasteiger partial charge in [0.25, 0.3) is 11.5 Å². The van der Waals surface area contributed by atoms with Crippen molar-refractivity contribution >= 4 is 45.7 Å². The number of halogens is 1. The van der Waals surface area contributed by atoms with Crippen LogP contribution in [-0.2, 0) is 13.6 Å². The maximum absolute atomic E-state index is 12.5. The standard InChI is InChI=1S/C20H19ClN8O3S/c1-27-10-23-16-18(31)24-20(32)29(19(16)27)13-4-2-12(3-5-13)28-9-11(25-26-28)8-22-17(30)14-6-7-15(21)33-14/h4,6-7,9-10,12H,2-3,5,8H2,1H3,(H,22,30)(H,24,31,32). The molecule has 5 rings (SSSR count). The van der Waals surface area contributed by atoms with Crippen LogP contribution < -0.4 is 16.6 Å². The van der Waals surface area contributed by atoms with Gasteiger partial charge < -0.3 is 9.88 Å². The Morgan fingerprint density at radius 2 is 2.21 bits per heavy atom. The first kappa shape index (κ1) is 21.3. The molecular weight excluding hydrogens is 468 g/mol. The number of carbonyl (C=O) groups excluding carboxylic acids is 1. The number of nitrogens with zero attached hydrogens (tertiary/aromatic N) is 6. The highest BCUT2D eigenvalue weighted by Gasteiger charge is 2.22. The van der Waals surface area contributed by atoms with Crippen molar-refractivity contribution in [2.24, 2.45) is 7.05 Å². The summed E-state index contributed by atoms with van der Waals surface area (Å²) in [6.45, 7) is 0.257. The highest BCUT2D eigenvalue weighted by Crippen LogP contribution is 2.30. The molecule has 0 fully saturated rings. The van der Waals surface area contributed by atoms with E-state index in [0.29, 0.717) is 33.4 Å². The van der Waals surface area contributed by atoms with Crippen LogP contribution >= 0.6 is 22.9 Å². The number of hydrogen-bond donors (Lipinski definition) is 2. The van der Waals surface area contributed by atoms with E-state index in [1.54, 1.807) is 28.4 Å². The number of carbonyl (C=O) groups is 1. The lowest BCUT2D eigenvalue weighted by molar-refractivity contribution is 0.0954. The number of H-pyrrole nitrogens is 1. The van der Waals surface area contributed by atoms with E-state index in [1.165, 1.54) is 22.2 Å². The van der Waals surface area contributed by atoms with Gasteiger partial charge in [-0.25, -0.2) is 19.0 Å². The Kier molecular flexibility index (Phi) is 5.46. The molecule has 170 valence electrons. The minimum Gasteiger partial charge on any atom is -0.346 e. The molecule has 4 aromatic rings. The minimum absolute atomic E-state index is 0.0716. The van der Waals surface area contributed by atoms with Gasteiger partial charge in [0.05, 0.1) is 34.3 Å². The molecule has 13 heteroatoms. The molecule has 0 aromatic carbocycles. The summed E-state index contributed by atoms with van der Waals surface area (Å²) < 4.78 is 5.52. The van der Waals surface area contributed by atoms with E-state index in [2.05, 4.69) is 25.6 Å². The Labute approximate surface area is 195 Å². The molecule has 0 bridgehead atoms. The van der Waals surface area contributed by atoms with Gasteiger partial charge in [0.2, 0.25) is 0 Å². The van der Waals surface area contributed by atoms with E-state index in [9.17, 15) is 14.4 Å². The number of imidazole rings is 1. The van der Waals surface area contributed by atoms with Crippen LogP contribution in [0.25, 0.3) is 16.9 Å². The van der Waals surface area contributed by atoms with E-state index in [1.807, 2.05) is 12.3 Å². The topological polar surface area (TPSA) is 132 Å². The van der Waals surface area contributed by atoms with Crippen LogP contribution in [0, 0.1) is 0 Å². The summed E-state index contributed by atoms with van der Waals surface area (Å²) in [4.78, 5) is 43.8. The Hall–Kier alpha value is -3.51. The Morgan fingerprint density at radius 3 is 2.94 bits per heavy atom. The molecule has 11 nitrogen and oxygen atoms in total. The lowest BCUT2D eigenvalue weighted by Crippen LogP contribution is -2.31. The van der Waals surface area contributed by atoms with Crippen molar-refractivity contribution in [1.82, 2.24) is 39.4 Å². The zero-order chi connectivity index (χ0) is 23.1. The number of aromatic nitrogens is 7. The second-order valence-corrected chi connectivity index (χ2v) is 9.44. The molecule has 0 spiro atoms. The van der Waals surface area contributed by atoms with Gasteiger partial charge in [0.15, 0.2) is 11.2 Å². The molecule has 1 aliphatic carbocycles. The van der Waals surface area contributed by atoms with E-state index in [4.69, 9.17) is 11.6 Å². The number of aryl methyl sites for hydroxylation is 1. The van der Waals surface area contributed by atoms with Crippen LogP contribution in [0.1, 0.15) is 40.7 Å². The fourth-order valence-electron chi connectivity index (χ4n) is 3.94. The van der Waals surface area contributed by atoms with E-state index < -0.39 is 11.2 Å². The lowest BCUT2D eigenvalue weighted by atomic mass is 9.99. The summed E-state index contributed by atoms with van der Waals surface area (Å²) in [5.74, 6) is -0.209. The van der Waals surface area contributed by atoms with Crippen molar-refractivity contribution in [3.63, 3.8) is 0 Å². The van der Waals surface area contributed by atoms with Crippen molar-refractivity contribution in [2.45, 2.75) is 31.8 Å². The maximum atomic E-state index is 12.5. The predicted octanol–water partition coefficient (Wildman–Crippen LogP) is 1.93. The largest absolute Gasteiger partial charge is 0.346 e. The van der Waals surface area contributed by atoms with Gasteiger partial charge in [-0.1, -0.05) is 22.9 Å². The normalized spacial score (nSPS) is 16.2. The number of rotatable bonds is 5. The van der Waals surface area contributed by atoms with Crippen LogP contribution in [0.2, 0.25) is 4.34 Å². The summed E-state index contributed by atoms with van der Waals surface area (Å²) in [6.07, 6.45) is 7.30. The Balaban J connectivity index is 1.30. The zero-order valence-corrected chi connectivity index (χ0v) is 19.1. The van der Waals surface area contributed by atoms with Crippen LogP contribution in [0.4, 0.5) is 0 Å². The molecular formula is C20H19ClN8O3S. The van der Waals surface area contributed by atoms with Crippen molar-refractivity contribution in [1.29, 1.82) is 0 Å². The molecule has 1 aliphatic rings. The third kappa shape index (κ3) is 4.02. The van der Waals surface area contributed by atoms with Gasteiger partial charge in [0.1, 0.15) is 5.69 Å². The van der Waals surface area contributed by atoms with Crippen molar-refractivity contribution < 1.29 is 4.79 Å². The monoisotopic (exact) mass is 486 g/mol. The van der Waals surface area contributed by atoms with E-state index in [-0.39, 0.29) is 24.0 Å². The smallest absolute Gasteiger partial charge is 0.334 e. The van der Waals surface area contributed by atoms with Gasteiger partial charge in [-0.05, 0) is 31.4 Å². The molecule has 0 saturated carbocycles. The molecule has 4 aromatic heterocycles. The maximum Gasteiger partial charge on any atom is 0.334 e. The SMILES string of the molecule is Cn1cnc2c(=O)[nH]c(=O)n(C3=CCC(n4cc(CNC(=O)c5ccc(Cl)s5)nn4)CC3)c21. The molecule has 1 unspecified atom stereocenters. The molecule has 1 atom stereocenters. The van der Waals surface area contributed by atoms with Crippen molar-refractivity contribution in [3.05, 3.63) is 66.5 Å². The fourth-order valence-corrected chi connectivity index (χ4v) is 4.90. The summed E-state index contributed by atoms with van der Waals surface area (Å²) >= 11 is 7.09. The highest BCUT2D eigenvalue weighted by molar-refractivity contribution is 7.17. The molecule has 0 aliphatic heterocycles. The number of nitrogens with one attached hydrogen (secondary N) is 2. The summed E-state index contributed by atoms with van der Waals surface area (Å²) in [5.41, 5.74) is 1.18. The number of allylic oxidation sites excluding steroid dienone is 2. The molecule has 0 saturated heterocycles. The second kappa shape index (κ2) is 8.45. The zero-order valence-electron chi connectivity index (χ0n) is 17.5. The average molecular weight is 487 g/mol. The van der Waals surface area contributed by atoms with Crippen molar-refractivity contribution in [3.8, 4) is 0 Å². The van der Waals surface area contributed by atoms with Gasteiger partial charge in [-0.15, -0.1) is 16.4 Å². The molecule has 0 radical (unpaired) electrons. The number of fused-ring (bicyclic) bond motifs is 1. The first-order valence-electron chi connectivity index (χ1n) is 10.2. The predicted molar refractivity (Wildman–Crippen MR) is 123 cm³/mol. The Bertz CT molecular complexity index is 1510. The van der Waals surface area contributed by atoms with Crippen LogP contribution in [0.15, 0.2) is 40.3 Å². The summed E-state index contributed by atoms with van der Waals surface area (Å²) in [5, 5.41) is 11.2. The molecule has 2 N–H and O–H groups in total. The number of aromatic amines is 1. The highest BCUT2D eigenvalue weighted by atomic mass is 35.5. The van der Waals surface area contributed by atoms with E-state index in [0.717, 1.165) is 12.1 Å². The molecule has 4 heterocycles. The number of thiophene rings is 1. The number of amides is 1. The third-order valence-corrected chi connectivity index (χ3v) is 6.79. The number of hydrogen-bond acceptors (Lipinski definition) is 7. The van der Waals surface area contributed by atoms with Gasteiger partial charge in [-0.2, -0.15) is 0 Å². The van der Waals surface area contributed by atoms with Crippen LogP contribution in [0.3, 0.4) is 0 Å². The third-order valence-electron chi connectivity index (χ3n) is 5.56. The summed E-state index contributed by atoms with van der Waals surface area (Å²) in [7, 11) is 1.75. The van der Waals surface area contributed by atoms with Gasteiger partial charge in [-0.3, -0.25) is 14.6 Å². The quantitative estimate of drug-likeness (QED) is 0.443. The van der Waals surface area contributed by atoms with Crippen LogP contribution in [-0.4, -0.2) is 40.0 Å². The van der Waals surface area contributed by atoms with Crippen LogP contribution in [0.5, 0.6) is 0 Å². The molecule has 1 amide bonds. The molecule has 33 heavy (non-hydrogen) atoms. The first-order valence-corrected chi connectivity index (χ1v) is 11.4. The van der Waals surface area contributed by atoms with Gasteiger partial charge >= 0.3 is 5.69 Å². The average Bonchev–Trinajstić information content (AvgIpc) is 3.53.